The Morgan fingerprint density at radius 3 is 2.76 bits per heavy atom. The van der Waals surface area contributed by atoms with Gasteiger partial charge in [-0.1, -0.05) is 44.2 Å². The molecule has 3 N–H and O–H groups in total. The molecule has 0 spiro atoms. The monoisotopic (exact) mass is 414 g/mol. The summed E-state index contributed by atoms with van der Waals surface area (Å²) in [6.45, 7) is 5.69. The lowest BCUT2D eigenvalue weighted by atomic mass is 10.1. The standard InChI is InChI=1S/C21H27ClN6O/c1-14(2)18-11-24-28-20(23-10-15-6-4-3-5-7-15)9-19(26-21(18)28)25-16-8-17(13-29)27(22)12-16/h3-7,9,11,14,16-17,23,29H,8,10,12-13H2,1-2H3,(H,25,26)/t16-,17-/m0/s1. The fraction of sp³-hybridized carbons (Fsp3) is 0.429. The van der Waals surface area contributed by atoms with E-state index >= 15 is 0 Å². The fourth-order valence-corrected chi connectivity index (χ4v) is 4.04. The average Bonchev–Trinajstić information content (AvgIpc) is 3.30. The summed E-state index contributed by atoms with van der Waals surface area (Å²) in [6, 6.07) is 12.4. The van der Waals surface area contributed by atoms with Crippen LogP contribution in [-0.4, -0.2) is 49.4 Å². The van der Waals surface area contributed by atoms with Crippen LogP contribution in [0.4, 0.5) is 11.6 Å². The second kappa shape index (κ2) is 8.57. The molecule has 3 heterocycles. The number of aliphatic hydroxyl groups is 1. The van der Waals surface area contributed by atoms with Crippen LogP contribution >= 0.6 is 11.8 Å². The lowest BCUT2D eigenvalue weighted by Crippen LogP contribution is -2.23. The van der Waals surface area contributed by atoms with Crippen molar-refractivity contribution in [3.8, 4) is 0 Å². The Bertz CT molecular complexity index is 960. The summed E-state index contributed by atoms with van der Waals surface area (Å²) in [5.74, 6) is 1.98. The van der Waals surface area contributed by atoms with Gasteiger partial charge in [-0.25, -0.2) is 9.40 Å². The van der Waals surface area contributed by atoms with Crippen molar-refractivity contribution in [1.29, 1.82) is 0 Å². The Hall–Kier alpha value is -2.35. The van der Waals surface area contributed by atoms with Crippen molar-refractivity contribution in [1.82, 2.24) is 19.0 Å². The quantitative estimate of drug-likeness (QED) is 0.514. The van der Waals surface area contributed by atoms with Gasteiger partial charge in [-0.3, -0.25) is 0 Å². The van der Waals surface area contributed by atoms with Gasteiger partial charge in [-0.15, -0.1) is 0 Å². The van der Waals surface area contributed by atoms with Gasteiger partial charge in [0, 0.05) is 30.8 Å². The Labute approximate surface area is 175 Å². The summed E-state index contributed by atoms with van der Waals surface area (Å²) in [5.41, 5.74) is 3.15. The molecule has 0 bridgehead atoms. The van der Waals surface area contributed by atoms with Gasteiger partial charge in [0.25, 0.3) is 0 Å². The molecule has 0 unspecified atom stereocenters. The van der Waals surface area contributed by atoms with E-state index in [1.54, 1.807) is 4.42 Å². The van der Waals surface area contributed by atoms with Gasteiger partial charge in [0.2, 0.25) is 0 Å². The summed E-state index contributed by atoms with van der Waals surface area (Å²) < 4.78 is 3.53. The highest BCUT2D eigenvalue weighted by Gasteiger charge is 2.31. The zero-order valence-corrected chi connectivity index (χ0v) is 17.5. The molecule has 1 aromatic carbocycles. The smallest absolute Gasteiger partial charge is 0.163 e. The van der Waals surface area contributed by atoms with Crippen LogP contribution in [-0.2, 0) is 6.54 Å². The number of rotatable bonds is 7. The molecular formula is C21H27ClN6O. The second-order valence-electron chi connectivity index (χ2n) is 7.85. The van der Waals surface area contributed by atoms with Crippen molar-refractivity contribution in [2.75, 3.05) is 23.8 Å². The molecule has 1 aliphatic heterocycles. The molecule has 0 saturated carbocycles. The van der Waals surface area contributed by atoms with E-state index in [0.717, 1.165) is 29.3 Å². The molecule has 2 aromatic heterocycles. The van der Waals surface area contributed by atoms with E-state index in [1.807, 2.05) is 35.0 Å². The summed E-state index contributed by atoms with van der Waals surface area (Å²) in [4.78, 5) is 4.84. The van der Waals surface area contributed by atoms with Crippen molar-refractivity contribution in [3.63, 3.8) is 0 Å². The first kappa shape index (κ1) is 19.9. The average molecular weight is 415 g/mol. The number of anilines is 2. The molecular weight excluding hydrogens is 388 g/mol. The van der Waals surface area contributed by atoms with Gasteiger partial charge in [0.1, 0.15) is 11.6 Å². The molecule has 7 nitrogen and oxygen atoms in total. The highest BCUT2D eigenvalue weighted by molar-refractivity contribution is 6.13. The first-order valence-electron chi connectivity index (χ1n) is 10.0. The Balaban J connectivity index is 1.62. The zero-order valence-electron chi connectivity index (χ0n) is 16.7. The van der Waals surface area contributed by atoms with Crippen molar-refractivity contribution in [2.24, 2.45) is 0 Å². The van der Waals surface area contributed by atoms with E-state index < -0.39 is 0 Å². The molecule has 8 heteroatoms. The highest BCUT2D eigenvalue weighted by Crippen LogP contribution is 2.27. The molecule has 1 saturated heterocycles. The zero-order chi connectivity index (χ0) is 20.4. The predicted octanol–water partition coefficient (Wildman–Crippen LogP) is 3.47. The molecule has 29 heavy (non-hydrogen) atoms. The molecule has 2 atom stereocenters. The van der Waals surface area contributed by atoms with Crippen molar-refractivity contribution < 1.29 is 5.11 Å². The molecule has 4 rings (SSSR count). The Kier molecular flexibility index (Phi) is 5.89. The van der Waals surface area contributed by atoms with E-state index in [2.05, 4.69) is 41.7 Å². The molecule has 0 radical (unpaired) electrons. The molecule has 1 aliphatic rings. The fourth-order valence-electron chi connectivity index (χ4n) is 3.73. The van der Waals surface area contributed by atoms with Gasteiger partial charge in [0.15, 0.2) is 5.65 Å². The van der Waals surface area contributed by atoms with E-state index in [1.165, 1.54) is 5.56 Å². The number of nitrogens with one attached hydrogen (secondary N) is 2. The minimum Gasteiger partial charge on any atom is -0.395 e. The molecule has 0 aliphatic carbocycles. The third-order valence-corrected chi connectivity index (χ3v) is 5.76. The number of fused-ring (bicyclic) bond motifs is 1. The number of nitrogens with zero attached hydrogens (tertiary/aromatic N) is 4. The van der Waals surface area contributed by atoms with Crippen molar-refractivity contribution in [2.45, 2.75) is 44.8 Å². The normalized spacial score (nSPS) is 19.9. The maximum absolute atomic E-state index is 9.46. The van der Waals surface area contributed by atoms with Crippen LogP contribution in [0.2, 0.25) is 0 Å². The third-order valence-electron chi connectivity index (χ3n) is 5.35. The summed E-state index contributed by atoms with van der Waals surface area (Å²) >= 11 is 6.22. The number of aromatic nitrogens is 3. The number of hydrogen-bond donors (Lipinski definition) is 3. The van der Waals surface area contributed by atoms with Crippen LogP contribution in [0.3, 0.4) is 0 Å². The van der Waals surface area contributed by atoms with Gasteiger partial charge >= 0.3 is 0 Å². The van der Waals surface area contributed by atoms with Crippen LogP contribution in [0, 0.1) is 0 Å². The van der Waals surface area contributed by atoms with E-state index in [4.69, 9.17) is 16.8 Å². The second-order valence-corrected chi connectivity index (χ2v) is 8.29. The summed E-state index contributed by atoms with van der Waals surface area (Å²) in [7, 11) is 0. The van der Waals surface area contributed by atoms with Gasteiger partial charge in [-0.2, -0.15) is 9.61 Å². The van der Waals surface area contributed by atoms with Crippen LogP contribution < -0.4 is 10.6 Å². The van der Waals surface area contributed by atoms with Crippen molar-refractivity contribution >= 4 is 29.1 Å². The number of hydrogen-bond acceptors (Lipinski definition) is 6. The minimum absolute atomic E-state index is 0.0326. The van der Waals surface area contributed by atoms with Crippen molar-refractivity contribution in [3.05, 3.63) is 53.7 Å². The first-order chi connectivity index (χ1) is 14.0. The summed E-state index contributed by atoms with van der Waals surface area (Å²) in [5, 5.41) is 21.0. The number of aliphatic hydroxyl groups excluding tert-OH is 1. The number of halogens is 1. The highest BCUT2D eigenvalue weighted by atomic mass is 35.5. The van der Waals surface area contributed by atoms with Gasteiger partial charge in [-0.05, 0) is 29.7 Å². The molecule has 3 aromatic rings. The van der Waals surface area contributed by atoms with Crippen LogP contribution in [0.25, 0.3) is 5.65 Å². The first-order valence-corrected chi connectivity index (χ1v) is 10.3. The third kappa shape index (κ3) is 4.32. The molecule has 1 fully saturated rings. The predicted molar refractivity (Wildman–Crippen MR) is 116 cm³/mol. The maximum atomic E-state index is 9.46. The van der Waals surface area contributed by atoms with Gasteiger partial charge in [0.05, 0.1) is 18.8 Å². The SMILES string of the molecule is CC(C)c1cnn2c(NCc3ccccc3)cc(N[C@H]3C[C@@H](CO)N(Cl)C3)nc12. The number of benzene rings is 1. The lowest BCUT2D eigenvalue weighted by molar-refractivity contribution is 0.217. The molecule has 0 amide bonds. The van der Waals surface area contributed by atoms with Gasteiger partial charge < -0.3 is 15.7 Å². The van der Waals surface area contributed by atoms with E-state index in [0.29, 0.717) is 19.0 Å². The lowest BCUT2D eigenvalue weighted by Gasteiger charge is -2.16. The van der Waals surface area contributed by atoms with E-state index in [9.17, 15) is 5.11 Å². The Morgan fingerprint density at radius 2 is 2.07 bits per heavy atom. The van der Waals surface area contributed by atoms with Crippen LogP contribution in [0.15, 0.2) is 42.6 Å². The van der Waals surface area contributed by atoms with E-state index in [-0.39, 0.29) is 18.7 Å². The minimum atomic E-state index is -0.0326. The summed E-state index contributed by atoms with van der Waals surface area (Å²) in [6.07, 6.45) is 2.66. The Morgan fingerprint density at radius 1 is 1.28 bits per heavy atom. The largest absolute Gasteiger partial charge is 0.395 e. The maximum Gasteiger partial charge on any atom is 0.163 e. The topological polar surface area (TPSA) is 77.7 Å². The van der Waals surface area contributed by atoms with Crippen LogP contribution in [0.5, 0.6) is 0 Å². The van der Waals surface area contributed by atoms with Crippen LogP contribution in [0.1, 0.15) is 37.3 Å². The molecule has 154 valence electrons.